The lowest BCUT2D eigenvalue weighted by molar-refractivity contribution is -0.138. The molecule has 0 saturated heterocycles. The average molecular weight is 227 g/mol. The average Bonchev–Trinajstić information content (AvgIpc) is 2.27. The van der Waals surface area contributed by atoms with Crippen molar-refractivity contribution in [1.82, 2.24) is 0 Å². The molecule has 0 unspecified atom stereocenters. The molecule has 1 aromatic carbocycles. The van der Waals surface area contributed by atoms with Crippen LogP contribution in [-0.2, 0) is 9.53 Å². The minimum Gasteiger partial charge on any atom is -0.478 e. The van der Waals surface area contributed by atoms with Crippen LogP contribution < -0.4 is 5.32 Å². The lowest BCUT2D eigenvalue weighted by atomic mass is 10.2. The van der Waals surface area contributed by atoms with Crippen LogP contribution >= 0.6 is 0 Å². The van der Waals surface area contributed by atoms with Gasteiger partial charge in [0, 0.05) is 0 Å². The van der Waals surface area contributed by atoms with Crippen molar-refractivity contribution in [3.63, 3.8) is 0 Å². The number of halogens is 1. The molecule has 0 aliphatic carbocycles. The number of carbonyl (C=O) groups is 2. The first kappa shape index (κ1) is 12.0. The molecule has 0 aromatic heterocycles. The Morgan fingerprint density at radius 1 is 1.50 bits per heavy atom. The van der Waals surface area contributed by atoms with Crippen LogP contribution in [0.1, 0.15) is 10.4 Å². The van der Waals surface area contributed by atoms with Crippen molar-refractivity contribution in [1.29, 1.82) is 0 Å². The van der Waals surface area contributed by atoms with E-state index in [1.165, 1.54) is 7.11 Å². The SMILES string of the molecule is COC(=O)CNc1cc(C(=O)O)ccc1F. The maximum absolute atomic E-state index is 13.2. The number of hydrogen-bond donors (Lipinski definition) is 2. The van der Waals surface area contributed by atoms with Gasteiger partial charge in [-0.25, -0.2) is 9.18 Å². The Labute approximate surface area is 90.8 Å². The Morgan fingerprint density at radius 2 is 2.19 bits per heavy atom. The number of aromatic carboxylic acids is 1. The summed E-state index contributed by atoms with van der Waals surface area (Å²) >= 11 is 0. The zero-order chi connectivity index (χ0) is 12.1. The van der Waals surface area contributed by atoms with E-state index in [1.54, 1.807) is 0 Å². The molecule has 0 aliphatic rings. The Balaban J connectivity index is 2.82. The second kappa shape index (κ2) is 5.11. The molecule has 2 N–H and O–H groups in total. The molecule has 0 atom stereocenters. The molecule has 0 bridgehead atoms. The zero-order valence-corrected chi connectivity index (χ0v) is 8.49. The summed E-state index contributed by atoms with van der Waals surface area (Å²) in [5.74, 6) is -2.37. The number of hydrogen-bond acceptors (Lipinski definition) is 4. The van der Waals surface area contributed by atoms with Gasteiger partial charge in [-0.15, -0.1) is 0 Å². The lowest BCUT2D eigenvalue weighted by Crippen LogP contribution is -2.16. The van der Waals surface area contributed by atoms with E-state index in [9.17, 15) is 14.0 Å². The summed E-state index contributed by atoms with van der Waals surface area (Å²) in [5.41, 5.74) is -0.112. The number of carbonyl (C=O) groups excluding carboxylic acids is 1. The first-order chi connectivity index (χ1) is 7.54. The minimum absolute atomic E-state index is 0.0506. The molecule has 0 heterocycles. The second-order valence-electron chi connectivity index (χ2n) is 2.93. The van der Waals surface area contributed by atoms with E-state index in [0.717, 1.165) is 18.2 Å². The highest BCUT2D eigenvalue weighted by molar-refractivity contribution is 5.89. The third-order valence-electron chi connectivity index (χ3n) is 1.86. The largest absolute Gasteiger partial charge is 0.478 e. The molecule has 0 radical (unpaired) electrons. The number of carboxylic acids is 1. The molecule has 1 aromatic rings. The van der Waals surface area contributed by atoms with Gasteiger partial charge in [-0.2, -0.15) is 0 Å². The third-order valence-corrected chi connectivity index (χ3v) is 1.86. The van der Waals surface area contributed by atoms with Crippen LogP contribution in [0.3, 0.4) is 0 Å². The highest BCUT2D eigenvalue weighted by Gasteiger charge is 2.09. The minimum atomic E-state index is -1.17. The molecule has 0 fully saturated rings. The van der Waals surface area contributed by atoms with Crippen LogP contribution in [0, 0.1) is 5.82 Å². The normalized spacial score (nSPS) is 9.62. The number of esters is 1. The summed E-state index contributed by atoms with van der Waals surface area (Å²) in [6.07, 6.45) is 0. The molecule has 0 amide bonds. The van der Waals surface area contributed by atoms with E-state index >= 15 is 0 Å². The van der Waals surface area contributed by atoms with E-state index in [-0.39, 0.29) is 17.8 Å². The fourth-order valence-electron chi connectivity index (χ4n) is 1.03. The molecule has 0 saturated carbocycles. The van der Waals surface area contributed by atoms with Gasteiger partial charge in [0.05, 0.1) is 18.4 Å². The number of benzene rings is 1. The van der Waals surface area contributed by atoms with Crippen LogP contribution in [0.25, 0.3) is 0 Å². The van der Waals surface area contributed by atoms with Crippen LogP contribution in [0.4, 0.5) is 10.1 Å². The van der Waals surface area contributed by atoms with Gasteiger partial charge in [-0.3, -0.25) is 4.79 Å². The number of rotatable bonds is 4. The topological polar surface area (TPSA) is 75.6 Å². The summed E-state index contributed by atoms with van der Waals surface area (Å²) in [5, 5.41) is 11.1. The Kier molecular flexibility index (Phi) is 3.82. The standard InChI is InChI=1S/C10H10FNO4/c1-16-9(13)5-12-8-4-6(10(14)15)2-3-7(8)11/h2-4,12H,5H2,1H3,(H,14,15). The monoisotopic (exact) mass is 227 g/mol. The number of carboxylic acid groups (broad SMARTS) is 1. The van der Waals surface area contributed by atoms with E-state index in [2.05, 4.69) is 10.1 Å². The van der Waals surface area contributed by atoms with Gasteiger partial charge >= 0.3 is 11.9 Å². The van der Waals surface area contributed by atoms with Crippen LogP contribution in [0.15, 0.2) is 18.2 Å². The van der Waals surface area contributed by atoms with Gasteiger partial charge in [0.25, 0.3) is 0 Å². The molecule has 0 spiro atoms. The van der Waals surface area contributed by atoms with E-state index in [4.69, 9.17) is 5.11 Å². The molecule has 6 heteroatoms. The number of anilines is 1. The summed E-state index contributed by atoms with van der Waals surface area (Å²) in [7, 11) is 1.20. The van der Waals surface area contributed by atoms with Crippen molar-refractivity contribution in [2.45, 2.75) is 0 Å². The zero-order valence-electron chi connectivity index (χ0n) is 8.49. The molecular weight excluding hydrogens is 217 g/mol. The van der Waals surface area contributed by atoms with E-state index in [1.807, 2.05) is 0 Å². The van der Waals surface area contributed by atoms with Gasteiger partial charge in [0.15, 0.2) is 0 Å². The summed E-state index contributed by atoms with van der Waals surface area (Å²) in [4.78, 5) is 21.4. The van der Waals surface area contributed by atoms with Gasteiger partial charge in [0.2, 0.25) is 0 Å². The highest BCUT2D eigenvalue weighted by atomic mass is 19.1. The molecule has 1 rings (SSSR count). The predicted octanol–water partition coefficient (Wildman–Crippen LogP) is 1.11. The molecule has 0 aliphatic heterocycles. The molecule has 5 nitrogen and oxygen atoms in total. The van der Waals surface area contributed by atoms with Crippen molar-refractivity contribution >= 4 is 17.6 Å². The van der Waals surface area contributed by atoms with Crippen LogP contribution in [-0.4, -0.2) is 30.7 Å². The number of nitrogens with one attached hydrogen (secondary N) is 1. The smallest absolute Gasteiger partial charge is 0.335 e. The summed E-state index contributed by atoms with van der Waals surface area (Å²) in [6.45, 7) is -0.226. The summed E-state index contributed by atoms with van der Waals surface area (Å²) < 4.78 is 17.5. The van der Waals surface area contributed by atoms with Gasteiger partial charge in [-0.1, -0.05) is 0 Å². The highest BCUT2D eigenvalue weighted by Crippen LogP contribution is 2.15. The Bertz CT molecular complexity index is 419. The molecule has 16 heavy (non-hydrogen) atoms. The summed E-state index contributed by atoms with van der Waals surface area (Å²) in [6, 6.07) is 3.27. The van der Waals surface area contributed by atoms with Gasteiger partial charge < -0.3 is 15.2 Å². The fraction of sp³-hybridized carbons (Fsp3) is 0.200. The van der Waals surface area contributed by atoms with Crippen molar-refractivity contribution in [2.24, 2.45) is 0 Å². The van der Waals surface area contributed by atoms with Crippen molar-refractivity contribution in [3.8, 4) is 0 Å². The van der Waals surface area contributed by atoms with Crippen molar-refractivity contribution < 1.29 is 23.8 Å². The predicted molar refractivity (Wildman–Crippen MR) is 53.9 cm³/mol. The van der Waals surface area contributed by atoms with Gasteiger partial charge in [-0.05, 0) is 18.2 Å². The second-order valence-corrected chi connectivity index (χ2v) is 2.93. The van der Waals surface area contributed by atoms with E-state index < -0.39 is 17.8 Å². The van der Waals surface area contributed by atoms with E-state index in [0.29, 0.717) is 0 Å². The molecule has 86 valence electrons. The Morgan fingerprint density at radius 3 is 2.75 bits per heavy atom. The maximum atomic E-state index is 13.2. The van der Waals surface area contributed by atoms with Crippen molar-refractivity contribution in [2.75, 3.05) is 19.0 Å². The lowest BCUT2D eigenvalue weighted by Gasteiger charge is -2.06. The fourth-order valence-corrected chi connectivity index (χ4v) is 1.03. The Hall–Kier alpha value is -2.11. The first-order valence-corrected chi connectivity index (χ1v) is 4.38. The quantitative estimate of drug-likeness (QED) is 0.753. The maximum Gasteiger partial charge on any atom is 0.335 e. The number of methoxy groups -OCH3 is 1. The van der Waals surface area contributed by atoms with Crippen molar-refractivity contribution in [3.05, 3.63) is 29.6 Å². The molecular formula is C10H10FNO4. The third kappa shape index (κ3) is 2.94. The van der Waals surface area contributed by atoms with Gasteiger partial charge in [0.1, 0.15) is 12.4 Å². The first-order valence-electron chi connectivity index (χ1n) is 4.38. The van der Waals surface area contributed by atoms with Crippen LogP contribution in [0.5, 0.6) is 0 Å². The van der Waals surface area contributed by atoms with Crippen LogP contribution in [0.2, 0.25) is 0 Å². The number of ether oxygens (including phenoxy) is 1.